The van der Waals surface area contributed by atoms with Gasteiger partial charge in [-0.2, -0.15) is 0 Å². The predicted molar refractivity (Wildman–Crippen MR) is 105 cm³/mol. The Kier molecular flexibility index (Phi) is 6.23. The van der Waals surface area contributed by atoms with Crippen LogP contribution in [0.4, 0.5) is 10.1 Å². The molecule has 1 aliphatic rings. The molecular formula is C21H25FN2O4. The number of amides is 1. The number of hydrogen-bond donors (Lipinski definition) is 0. The van der Waals surface area contributed by atoms with Crippen molar-refractivity contribution in [2.45, 2.75) is 6.42 Å². The number of carbonyl (C=O) groups excluding carboxylic acids is 1. The maximum Gasteiger partial charge on any atom is 0.227 e. The second kappa shape index (κ2) is 8.82. The van der Waals surface area contributed by atoms with Crippen molar-refractivity contribution in [1.29, 1.82) is 0 Å². The van der Waals surface area contributed by atoms with Crippen molar-refractivity contribution in [2.75, 3.05) is 52.4 Å². The third-order valence-electron chi connectivity index (χ3n) is 4.92. The minimum Gasteiger partial charge on any atom is -0.493 e. The fourth-order valence-corrected chi connectivity index (χ4v) is 3.35. The lowest BCUT2D eigenvalue weighted by molar-refractivity contribution is -0.130. The molecule has 1 saturated heterocycles. The van der Waals surface area contributed by atoms with Crippen LogP contribution in [0.15, 0.2) is 36.4 Å². The molecule has 0 saturated carbocycles. The van der Waals surface area contributed by atoms with Gasteiger partial charge >= 0.3 is 0 Å². The zero-order valence-electron chi connectivity index (χ0n) is 16.4. The normalized spacial score (nSPS) is 14.0. The molecule has 0 bridgehead atoms. The van der Waals surface area contributed by atoms with E-state index < -0.39 is 0 Å². The van der Waals surface area contributed by atoms with Crippen LogP contribution in [0.2, 0.25) is 0 Å². The van der Waals surface area contributed by atoms with Gasteiger partial charge in [0.1, 0.15) is 5.82 Å². The summed E-state index contributed by atoms with van der Waals surface area (Å²) in [4.78, 5) is 16.6. The van der Waals surface area contributed by atoms with Gasteiger partial charge in [-0.15, -0.1) is 0 Å². The highest BCUT2D eigenvalue weighted by Gasteiger charge is 2.23. The number of rotatable bonds is 6. The van der Waals surface area contributed by atoms with Crippen molar-refractivity contribution in [1.82, 2.24) is 4.90 Å². The van der Waals surface area contributed by atoms with Crippen molar-refractivity contribution < 1.29 is 23.4 Å². The second-order valence-electron chi connectivity index (χ2n) is 6.55. The highest BCUT2D eigenvalue weighted by molar-refractivity contribution is 5.79. The van der Waals surface area contributed by atoms with Crippen LogP contribution in [0.3, 0.4) is 0 Å². The van der Waals surface area contributed by atoms with Crippen molar-refractivity contribution in [3.8, 4) is 17.2 Å². The number of methoxy groups -OCH3 is 3. The molecule has 1 amide bonds. The molecule has 2 aromatic rings. The van der Waals surface area contributed by atoms with Gasteiger partial charge in [0.15, 0.2) is 11.5 Å². The molecule has 150 valence electrons. The first kappa shape index (κ1) is 19.8. The molecule has 2 aromatic carbocycles. The number of anilines is 1. The average molecular weight is 388 g/mol. The molecule has 1 heterocycles. The smallest absolute Gasteiger partial charge is 0.227 e. The molecule has 0 aromatic heterocycles. The highest BCUT2D eigenvalue weighted by Crippen LogP contribution is 2.41. The van der Waals surface area contributed by atoms with E-state index in [2.05, 4.69) is 4.90 Å². The summed E-state index contributed by atoms with van der Waals surface area (Å²) in [5.74, 6) is 1.52. The number of halogens is 1. The lowest BCUT2D eigenvalue weighted by Crippen LogP contribution is -2.49. The Morgan fingerprint density at radius 3 is 2.00 bits per heavy atom. The van der Waals surface area contributed by atoms with Crippen molar-refractivity contribution in [3.05, 3.63) is 47.8 Å². The minimum atomic E-state index is -0.296. The van der Waals surface area contributed by atoms with E-state index in [1.807, 2.05) is 17.0 Å². The Hall–Kier alpha value is -2.96. The molecule has 1 aliphatic heterocycles. The molecule has 7 heteroatoms. The fourth-order valence-electron chi connectivity index (χ4n) is 3.35. The zero-order valence-corrected chi connectivity index (χ0v) is 16.4. The van der Waals surface area contributed by atoms with Gasteiger partial charge in [0.2, 0.25) is 11.7 Å². The van der Waals surface area contributed by atoms with Gasteiger partial charge in [-0.05, 0) is 17.7 Å². The Morgan fingerprint density at radius 1 is 0.929 bits per heavy atom. The van der Waals surface area contributed by atoms with Gasteiger partial charge in [-0.1, -0.05) is 12.1 Å². The summed E-state index contributed by atoms with van der Waals surface area (Å²) >= 11 is 0. The summed E-state index contributed by atoms with van der Waals surface area (Å²) in [6.07, 6.45) is 0.282. The third-order valence-corrected chi connectivity index (χ3v) is 4.92. The first-order chi connectivity index (χ1) is 13.5. The largest absolute Gasteiger partial charge is 0.493 e. The van der Waals surface area contributed by atoms with E-state index in [0.717, 1.165) is 11.3 Å². The van der Waals surface area contributed by atoms with Crippen molar-refractivity contribution >= 4 is 11.6 Å². The van der Waals surface area contributed by atoms with Crippen molar-refractivity contribution in [3.63, 3.8) is 0 Å². The second-order valence-corrected chi connectivity index (χ2v) is 6.55. The van der Waals surface area contributed by atoms with Crippen LogP contribution < -0.4 is 19.1 Å². The first-order valence-corrected chi connectivity index (χ1v) is 9.13. The third kappa shape index (κ3) is 4.30. The number of benzene rings is 2. The Labute approximate surface area is 164 Å². The van der Waals surface area contributed by atoms with E-state index >= 15 is 0 Å². The Balaban J connectivity index is 1.65. The van der Waals surface area contributed by atoms with Crippen LogP contribution in [0, 0.1) is 5.82 Å². The van der Waals surface area contributed by atoms with Gasteiger partial charge in [0, 0.05) is 44.0 Å². The summed E-state index contributed by atoms with van der Waals surface area (Å²) < 4.78 is 29.2. The van der Waals surface area contributed by atoms with Crippen LogP contribution in [-0.2, 0) is 11.2 Å². The molecule has 0 spiro atoms. The number of hydrogen-bond acceptors (Lipinski definition) is 5. The molecule has 3 rings (SSSR count). The molecule has 28 heavy (non-hydrogen) atoms. The zero-order chi connectivity index (χ0) is 20.1. The molecule has 0 aliphatic carbocycles. The van der Waals surface area contributed by atoms with Crippen LogP contribution in [0.25, 0.3) is 0 Å². The summed E-state index contributed by atoms with van der Waals surface area (Å²) in [5.41, 5.74) is 1.78. The topological polar surface area (TPSA) is 51.2 Å². The average Bonchev–Trinajstić information content (AvgIpc) is 2.74. The van der Waals surface area contributed by atoms with Gasteiger partial charge in [0.05, 0.1) is 27.8 Å². The van der Waals surface area contributed by atoms with Crippen LogP contribution in [-0.4, -0.2) is 58.3 Å². The Morgan fingerprint density at radius 2 is 1.50 bits per heavy atom. The molecule has 0 atom stereocenters. The summed E-state index contributed by atoms with van der Waals surface area (Å²) in [7, 11) is 4.76. The molecule has 0 radical (unpaired) electrons. The van der Waals surface area contributed by atoms with E-state index in [-0.39, 0.29) is 18.1 Å². The molecular weight excluding hydrogens is 363 g/mol. The molecule has 1 fully saturated rings. The van der Waals surface area contributed by atoms with Crippen LogP contribution in [0.1, 0.15) is 5.56 Å². The van der Waals surface area contributed by atoms with E-state index in [1.165, 1.54) is 12.1 Å². The van der Waals surface area contributed by atoms with E-state index in [0.29, 0.717) is 43.4 Å². The summed E-state index contributed by atoms with van der Waals surface area (Å²) in [5, 5.41) is 0. The van der Waals surface area contributed by atoms with Gasteiger partial charge in [0.25, 0.3) is 0 Å². The number of nitrogens with zero attached hydrogens (tertiary/aromatic N) is 2. The summed E-state index contributed by atoms with van der Waals surface area (Å²) in [6.45, 7) is 2.65. The van der Waals surface area contributed by atoms with E-state index in [4.69, 9.17) is 14.2 Å². The number of piperazine rings is 1. The lowest BCUT2D eigenvalue weighted by atomic mass is 10.1. The number of carbonyl (C=O) groups is 1. The first-order valence-electron chi connectivity index (χ1n) is 9.13. The Bertz CT molecular complexity index is 793. The standard InChI is InChI=1S/C21H25FN2O4/c1-26-18-13-17(14-19(27-2)21(18)28-3)23-8-10-24(11-9-23)20(25)12-15-4-6-16(22)7-5-15/h4-7,13-14H,8-12H2,1-3H3. The highest BCUT2D eigenvalue weighted by atomic mass is 19.1. The van der Waals surface area contributed by atoms with Crippen LogP contribution >= 0.6 is 0 Å². The maximum absolute atomic E-state index is 13.0. The van der Waals surface area contributed by atoms with Crippen molar-refractivity contribution in [2.24, 2.45) is 0 Å². The van der Waals surface area contributed by atoms with E-state index in [9.17, 15) is 9.18 Å². The SMILES string of the molecule is COc1cc(N2CCN(C(=O)Cc3ccc(F)cc3)CC2)cc(OC)c1OC. The van der Waals surface area contributed by atoms with Gasteiger partial charge < -0.3 is 24.0 Å². The minimum absolute atomic E-state index is 0.0520. The van der Waals surface area contributed by atoms with Gasteiger partial charge in [-0.25, -0.2) is 4.39 Å². The van der Waals surface area contributed by atoms with E-state index in [1.54, 1.807) is 33.5 Å². The number of ether oxygens (including phenoxy) is 3. The maximum atomic E-state index is 13.0. The molecule has 0 unspecified atom stereocenters. The summed E-state index contributed by atoms with van der Waals surface area (Å²) in [6, 6.07) is 9.89. The molecule has 0 N–H and O–H groups in total. The lowest BCUT2D eigenvalue weighted by Gasteiger charge is -2.36. The van der Waals surface area contributed by atoms with Gasteiger partial charge in [-0.3, -0.25) is 4.79 Å². The monoisotopic (exact) mass is 388 g/mol. The fraction of sp³-hybridized carbons (Fsp3) is 0.381. The van der Waals surface area contributed by atoms with Crippen LogP contribution in [0.5, 0.6) is 17.2 Å². The molecule has 6 nitrogen and oxygen atoms in total. The quantitative estimate of drug-likeness (QED) is 0.762. The predicted octanol–water partition coefficient (Wildman–Crippen LogP) is 2.74.